The molecule has 0 fully saturated rings. The van der Waals surface area contributed by atoms with Crippen molar-refractivity contribution in [3.05, 3.63) is 68.2 Å². The molecule has 1 heterocycles. The number of H-pyrrole nitrogens is 1. The smallest absolute Gasteiger partial charge is 0.258 e. The van der Waals surface area contributed by atoms with Gasteiger partial charge in [0, 0.05) is 16.4 Å². The lowest BCUT2D eigenvalue weighted by Crippen LogP contribution is -2.29. The van der Waals surface area contributed by atoms with Crippen LogP contribution in [0.3, 0.4) is 0 Å². The van der Waals surface area contributed by atoms with E-state index < -0.39 is 0 Å². The number of amides is 1. The van der Waals surface area contributed by atoms with Crippen LogP contribution in [0.25, 0.3) is 10.9 Å². The first-order chi connectivity index (χ1) is 12.8. The third kappa shape index (κ3) is 4.59. The first-order valence-electron chi connectivity index (χ1n) is 8.46. The lowest BCUT2D eigenvalue weighted by Gasteiger charge is -2.17. The molecule has 3 aromatic rings. The van der Waals surface area contributed by atoms with Crippen LogP contribution in [0.2, 0.25) is 0 Å². The van der Waals surface area contributed by atoms with Crippen molar-refractivity contribution in [2.24, 2.45) is 0 Å². The van der Waals surface area contributed by atoms with E-state index in [4.69, 9.17) is 0 Å². The summed E-state index contributed by atoms with van der Waals surface area (Å²) in [5.41, 5.74) is 2.72. The number of carbonyl (C=O) groups is 1. The van der Waals surface area contributed by atoms with Gasteiger partial charge in [0.05, 0.1) is 23.2 Å². The van der Waals surface area contributed by atoms with Crippen LogP contribution in [0, 0.1) is 13.8 Å². The second kappa shape index (κ2) is 8.27. The fourth-order valence-electron chi connectivity index (χ4n) is 2.68. The van der Waals surface area contributed by atoms with Crippen molar-refractivity contribution in [3.63, 3.8) is 0 Å². The Bertz CT molecular complexity index is 1060. The van der Waals surface area contributed by atoms with E-state index in [0.29, 0.717) is 22.5 Å². The van der Waals surface area contributed by atoms with Crippen molar-refractivity contribution >= 4 is 44.5 Å². The Morgan fingerprint density at radius 2 is 1.96 bits per heavy atom. The zero-order chi connectivity index (χ0) is 19.6. The van der Waals surface area contributed by atoms with E-state index in [9.17, 15) is 9.59 Å². The number of hydrogen-bond acceptors (Lipinski definition) is 4. The average molecular weight is 446 g/mol. The highest BCUT2D eigenvalue weighted by Crippen LogP contribution is 2.28. The van der Waals surface area contributed by atoms with Gasteiger partial charge in [-0.25, -0.2) is 4.98 Å². The number of benzene rings is 2. The molecular weight excluding hydrogens is 426 g/mol. The molecule has 0 bridgehead atoms. The molecule has 0 saturated carbocycles. The molecule has 140 valence electrons. The summed E-state index contributed by atoms with van der Waals surface area (Å²) < 4.78 is 1.07. The number of para-hydroxylation sites is 1. The summed E-state index contributed by atoms with van der Waals surface area (Å²) >= 11 is 5.04. The minimum Gasteiger partial charge on any atom is -0.338 e. The first-order valence-corrected chi connectivity index (χ1v) is 10.2. The molecule has 3 rings (SSSR count). The third-order valence-electron chi connectivity index (χ3n) is 4.28. The second-order valence-corrected chi connectivity index (χ2v) is 8.31. The molecule has 2 aromatic carbocycles. The number of carbonyl (C=O) groups excluding carboxylic acids is 1. The predicted octanol–water partition coefficient (Wildman–Crippen LogP) is 4.05. The number of aromatic amines is 1. The number of rotatable bonds is 5. The summed E-state index contributed by atoms with van der Waals surface area (Å²) in [6, 6.07) is 11.3. The molecule has 0 unspecified atom stereocenters. The van der Waals surface area contributed by atoms with Crippen molar-refractivity contribution in [1.29, 1.82) is 0 Å². The molecule has 7 heteroatoms. The Morgan fingerprint density at radius 3 is 2.74 bits per heavy atom. The van der Waals surface area contributed by atoms with Crippen LogP contribution >= 0.6 is 27.7 Å². The Balaban J connectivity index is 1.68. The molecule has 0 aliphatic rings. The number of aryl methyl sites for hydroxylation is 2. The van der Waals surface area contributed by atoms with Crippen LogP contribution in [0.4, 0.5) is 0 Å². The Hall–Kier alpha value is -2.12. The number of nitrogens with zero attached hydrogens (tertiary/aromatic N) is 2. The van der Waals surface area contributed by atoms with Crippen molar-refractivity contribution < 1.29 is 4.79 Å². The number of halogens is 1. The monoisotopic (exact) mass is 445 g/mol. The molecule has 1 aromatic heterocycles. The van der Waals surface area contributed by atoms with Gasteiger partial charge in [0.1, 0.15) is 5.82 Å². The van der Waals surface area contributed by atoms with Crippen LogP contribution in [0.15, 0.2) is 50.6 Å². The van der Waals surface area contributed by atoms with E-state index in [-0.39, 0.29) is 18.0 Å². The van der Waals surface area contributed by atoms with Gasteiger partial charge in [-0.1, -0.05) is 28.1 Å². The van der Waals surface area contributed by atoms with Gasteiger partial charge in [-0.3, -0.25) is 9.59 Å². The quantitative estimate of drug-likeness (QED) is 0.601. The number of hydrogen-bond donors (Lipinski definition) is 1. The topological polar surface area (TPSA) is 66.1 Å². The SMILES string of the molecule is Cc1cc(SCC(=O)N(C)Cc2nc3ccccc3c(=O)[nH]2)c(C)cc1Br. The van der Waals surface area contributed by atoms with E-state index >= 15 is 0 Å². The summed E-state index contributed by atoms with van der Waals surface area (Å²) in [4.78, 5) is 34.5. The average Bonchev–Trinajstić information content (AvgIpc) is 2.63. The second-order valence-electron chi connectivity index (χ2n) is 6.44. The highest BCUT2D eigenvalue weighted by Gasteiger charge is 2.13. The molecule has 1 N–H and O–H groups in total. The van der Waals surface area contributed by atoms with E-state index in [1.165, 1.54) is 11.8 Å². The van der Waals surface area contributed by atoms with Crippen LogP contribution in [0.1, 0.15) is 17.0 Å². The van der Waals surface area contributed by atoms with Gasteiger partial charge >= 0.3 is 0 Å². The van der Waals surface area contributed by atoms with E-state index in [1.54, 1.807) is 30.1 Å². The van der Waals surface area contributed by atoms with Gasteiger partial charge in [-0.2, -0.15) is 0 Å². The summed E-state index contributed by atoms with van der Waals surface area (Å²) in [7, 11) is 1.72. The van der Waals surface area contributed by atoms with Crippen LogP contribution < -0.4 is 5.56 Å². The molecule has 0 aliphatic heterocycles. The number of aromatic nitrogens is 2. The lowest BCUT2D eigenvalue weighted by atomic mass is 10.2. The van der Waals surface area contributed by atoms with E-state index in [2.05, 4.69) is 38.0 Å². The van der Waals surface area contributed by atoms with Crippen molar-refractivity contribution in [2.75, 3.05) is 12.8 Å². The summed E-state index contributed by atoms with van der Waals surface area (Å²) in [6.07, 6.45) is 0. The molecule has 0 aliphatic carbocycles. The standard InChI is InChI=1S/C20H20BrN3O2S/c1-12-9-17(13(2)8-15(12)21)27-11-19(25)24(3)10-18-22-16-7-5-4-6-14(16)20(26)23-18/h4-9H,10-11H2,1-3H3,(H,22,23,26). The maximum Gasteiger partial charge on any atom is 0.258 e. The lowest BCUT2D eigenvalue weighted by molar-refractivity contribution is -0.127. The van der Waals surface area contributed by atoms with Gasteiger partial charge in [0.15, 0.2) is 0 Å². The molecule has 0 saturated heterocycles. The molecule has 0 atom stereocenters. The Morgan fingerprint density at radius 1 is 1.22 bits per heavy atom. The predicted molar refractivity (Wildman–Crippen MR) is 113 cm³/mol. The highest BCUT2D eigenvalue weighted by molar-refractivity contribution is 9.10. The summed E-state index contributed by atoms with van der Waals surface area (Å²) in [5, 5.41) is 0.548. The van der Waals surface area contributed by atoms with E-state index in [1.807, 2.05) is 19.9 Å². The van der Waals surface area contributed by atoms with Crippen LogP contribution in [0.5, 0.6) is 0 Å². The van der Waals surface area contributed by atoms with Gasteiger partial charge in [0.25, 0.3) is 5.56 Å². The maximum absolute atomic E-state index is 12.5. The third-order valence-corrected chi connectivity index (χ3v) is 6.28. The molecule has 0 spiro atoms. The Kier molecular flexibility index (Phi) is 6.01. The van der Waals surface area contributed by atoms with Crippen molar-refractivity contribution in [2.45, 2.75) is 25.3 Å². The zero-order valence-electron chi connectivity index (χ0n) is 15.4. The fourth-order valence-corrected chi connectivity index (χ4v) is 4.19. The van der Waals surface area contributed by atoms with E-state index in [0.717, 1.165) is 20.5 Å². The maximum atomic E-state index is 12.5. The van der Waals surface area contributed by atoms with Crippen molar-refractivity contribution in [3.8, 4) is 0 Å². The van der Waals surface area contributed by atoms with Gasteiger partial charge in [-0.05, 0) is 49.2 Å². The van der Waals surface area contributed by atoms with Gasteiger partial charge in [-0.15, -0.1) is 11.8 Å². The molecule has 5 nitrogen and oxygen atoms in total. The molecule has 27 heavy (non-hydrogen) atoms. The molecule has 1 amide bonds. The molecular formula is C20H20BrN3O2S. The first kappa shape index (κ1) is 19.6. The van der Waals surface area contributed by atoms with Gasteiger partial charge in [0.2, 0.25) is 5.91 Å². The highest BCUT2D eigenvalue weighted by atomic mass is 79.9. The molecule has 0 radical (unpaired) electrons. The number of fused-ring (bicyclic) bond motifs is 1. The zero-order valence-corrected chi connectivity index (χ0v) is 17.8. The van der Waals surface area contributed by atoms with Crippen LogP contribution in [-0.4, -0.2) is 33.6 Å². The van der Waals surface area contributed by atoms with Crippen LogP contribution in [-0.2, 0) is 11.3 Å². The normalized spacial score (nSPS) is 11.0. The Labute approximate surface area is 170 Å². The summed E-state index contributed by atoms with van der Waals surface area (Å²) in [5.74, 6) is 0.793. The van der Waals surface area contributed by atoms with Crippen molar-refractivity contribution in [1.82, 2.24) is 14.9 Å². The number of thioether (sulfide) groups is 1. The number of nitrogens with one attached hydrogen (secondary N) is 1. The van der Waals surface area contributed by atoms with Gasteiger partial charge < -0.3 is 9.88 Å². The summed E-state index contributed by atoms with van der Waals surface area (Å²) in [6.45, 7) is 4.32. The minimum atomic E-state index is -0.188. The fraction of sp³-hybridized carbons (Fsp3) is 0.250. The minimum absolute atomic E-state index is 0.0178. The largest absolute Gasteiger partial charge is 0.338 e.